The highest BCUT2D eigenvalue weighted by atomic mass is 32.2. The number of amides is 1. The van der Waals surface area contributed by atoms with Crippen LogP contribution in [0.4, 0.5) is 5.69 Å². The monoisotopic (exact) mass is 335 g/mol. The summed E-state index contributed by atoms with van der Waals surface area (Å²) < 4.78 is 32.2. The lowest BCUT2D eigenvalue weighted by atomic mass is 10.1. The van der Waals surface area contributed by atoms with Crippen LogP contribution in [0.2, 0.25) is 0 Å². The van der Waals surface area contributed by atoms with Crippen LogP contribution in [-0.2, 0) is 15.8 Å². The van der Waals surface area contributed by atoms with Gasteiger partial charge in [0, 0.05) is 11.6 Å². The molecule has 3 N–H and O–H groups in total. The largest absolute Gasteiger partial charge is 0.492 e. The molecule has 0 fully saturated rings. The van der Waals surface area contributed by atoms with Crippen molar-refractivity contribution in [1.82, 2.24) is 4.98 Å². The molecule has 0 aliphatic heterocycles. The Morgan fingerprint density at radius 2 is 2.04 bits per heavy atom. The number of primary amides is 1. The third-order valence-corrected chi connectivity index (χ3v) is 4.16. The van der Waals surface area contributed by atoms with Crippen molar-refractivity contribution in [2.75, 3.05) is 11.3 Å². The number of sulfonamides is 1. The first-order chi connectivity index (χ1) is 10.9. The normalized spacial score (nSPS) is 11.0. The molecule has 7 nitrogen and oxygen atoms in total. The first-order valence-electron chi connectivity index (χ1n) is 6.87. The van der Waals surface area contributed by atoms with Crippen molar-refractivity contribution in [3.63, 3.8) is 0 Å². The number of nitrogens with one attached hydrogen (secondary N) is 1. The molecule has 0 saturated carbocycles. The fourth-order valence-electron chi connectivity index (χ4n) is 2.03. The van der Waals surface area contributed by atoms with Gasteiger partial charge in [0.1, 0.15) is 5.75 Å². The second kappa shape index (κ2) is 7.10. The predicted molar refractivity (Wildman–Crippen MR) is 86.6 cm³/mol. The van der Waals surface area contributed by atoms with Crippen molar-refractivity contribution >= 4 is 21.6 Å². The van der Waals surface area contributed by atoms with E-state index in [9.17, 15) is 13.2 Å². The third-order valence-electron chi connectivity index (χ3n) is 2.93. The van der Waals surface area contributed by atoms with E-state index in [2.05, 4.69) is 9.71 Å². The average molecular weight is 335 g/mol. The van der Waals surface area contributed by atoms with E-state index in [0.717, 1.165) is 0 Å². The van der Waals surface area contributed by atoms with Gasteiger partial charge in [-0.15, -0.1) is 0 Å². The third kappa shape index (κ3) is 4.68. The molecule has 0 bridgehead atoms. The number of nitrogens with two attached hydrogens (primary N) is 1. The second-order valence-electron chi connectivity index (χ2n) is 4.72. The molecule has 0 aliphatic carbocycles. The van der Waals surface area contributed by atoms with E-state index in [1.54, 1.807) is 18.2 Å². The standard InChI is InChI=1S/C15H17N3O4S/c1-2-22-13-7-12(8-17-9-13)18-23(20,21)10-11-5-3-4-6-14(11)15(16)19/h3-9,18H,2,10H2,1H3,(H2,16,19). The van der Waals surface area contributed by atoms with Gasteiger partial charge in [-0.2, -0.15) is 0 Å². The van der Waals surface area contributed by atoms with Gasteiger partial charge in [-0.1, -0.05) is 18.2 Å². The van der Waals surface area contributed by atoms with Crippen molar-refractivity contribution in [1.29, 1.82) is 0 Å². The first kappa shape index (κ1) is 16.8. The average Bonchev–Trinajstić information content (AvgIpc) is 2.47. The van der Waals surface area contributed by atoms with E-state index in [1.807, 2.05) is 6.92 Å². The number of carbonyl (C=O) groups is 1. The molecule has 23 heavy (non-hydrogen) atoms. The zero-order valence-electron chi connectivity index (χ0n) is 12.5. The fourth-order valence-corrected chi connectivity index (χ4v) is 3.23. The van der Waals surface area contributed by atoms with Gasteiger partial charge in [0.15, 0.2) is 0 Å². The maximum atomic E-state index is 12.3. The molecule has 0 atom stereocenters. The molecule has 2 rings (SSSR count). The van der Waals surface area contributed by atoms with Crippen molar-refractivity contribution in [2.45, 2.75) is 12.7 Å². The number of carbonyl (C=O) groups excluding carboxylic acids is 1. The molecule has 0 aliphatic rings. The van der Waals surface area contributed by atoms with Gasteiger partial charge in [-0.25, -0.2) is 8.42 Å². The van der Waals surface area contributed by atoms with Gasteiger partial charge in [0.25, 0.3) is 0 Å². The number of aromatic nitrogens is 1. The van der Waals surface area contributed by atoms with Crippen molar-refractivity contribution in [3.05, 3.63) is 53.9 Å². The molecule has 8 heteroatoms. The zero-order chi connectivity index (χ0) is 16.9. The summed E-state index contributed by atoms with van der Waals surface area (Å²) in [4.78, 5) is 15.3. The minimum Gasteiger partial charge on any atom is -0.492 e. The number of pyridine rings is 1. The molecular formula is C15H17N3O4S. The van der Waals surface area contributed by atoms with Crippen LogP contribution in [0.15, 0.2) is 42.7 Å². The van der Waals surface area contributed by atoms with Crippen LogP contribution >= 0.6 is 0 Å². The summed E-state index contributed by atoms with van der Waals surface area (Å²) >= 11 is 0. The molecule has 1 aromatic heterocycles. The Kier molecular flexibility index (Phi) is 5.17. The summed E-state index contributed by atoms with van der Waals surface area (Å²) in [5.74, 6) is -0.577. The van der Waals surface area contributed by atoms with Crippen LogP contribution in [0.1, 0.15) is 22.8 Å². The predicted octanol–water partition coefficient (Wildman–Crippen LogP) is 1.52. The highest BCUT2D eigenvalue weighted by Crippen LogP contribution is 2.19. The Bertz CT molecular complexity index is 806. The maximum absolute atomic E-state index is 12.3. The van der Waals surface area contributed by atoms with Crippen molar-refractivity contribution in [3.8, 4) is 5.75 Å². The topological polar surface area (TPSA) is 111 Å². The van der Waals surface area contributed by atoms with Crippen LogP contribution in [0.3, 0.4) is 0 Å². The molecular weight excluding hydrogens is 318 g/mol. The summed E-state index contributed by atoms with van der Waals surface area (Å²) in [6, 6.07) is 7.85. The molecule has 2 aromatic rings. The summed E-state index contributed by atoms with van der Waals surface area (Å²) in [5.41, 5.74) is 6.06. The van der Waals surface area contributed by atoms with Gasteiger partial charge >= 0.3 is 0 Å². The Balaban J connectivity index is 2.20. The fraction of sp³-hybridized carbons (Fsp3) is 0.200. The number of benzene rings is 1. The Morgan fingerprint density at radius 1 is 1.30 bits per heavy atom. The van der Waals surface area contributed by atoms with Crippen LogP contribution in [0.5, 0.6) is 5.75 Å². The molecule has 0 spiro atoms. The van der Waals surface area contributed by atoms with Crippen LogP contribution in [-0.4, -0.2) is 25.9 Å². The van der Waals surface area contributed by atoms with Crippen LogP contribution in [0.25, 0.3) is 0 Å². The summed E-state index contributed by atoms with van der Waals surface area (Å²) in [6.07, 6.45) is 2.86. The van der Waals surface area contributed by atoms with Crippen molar-refractivity contribution in [2.24, 2.45) is 5.73 Å². The molecule has 0 radical (unpaired) electrons. The van der Waals surface area contributed by atoms with E-state index in [-0.39, 0.29) is 17.0 Å². The Hall–Kier alpha value is -2.61. The number of ether oxygens (including phenoxy) is 1. The summed E-state index contributed by atoms with van der Waals surface area (Å²) in [6.45, 7) is 2.27. The first-order valence-corrected chi connectivity index (χ1v) is 8.52. The van der Waals surface area contributed by atoms with Crippen LogP contribution < -0.4 is 15.2 Å². The smallest absolute Gasteiger partial charge is 0.249 e. The minimum atomic E-state index is -3.73. The molecule has 0 saturated heterocycles. The zero-order valence-corrected chi connectivity index (χ0v) is 13.3. The lowest BCUT2D eigenvalue weighted by molar-refractivity contribution is 0.0999. The molecule has 122 valence electrons. The number of anilines is 1. The van der Waals surface area contributed by atoms with E-state index < -0.39 is 15.9 Å². The quantitative estimate of drug-likeness (QED) is 0.797. The molecule has 1 heterocycles. The Morgan fingerprint density at radius 3 is 2.74 bits per heavy atom. The highest BCUT2D eigenvalue weighted by Gasteiger charge is 2.16. The Labute approximate surface area is 134 Å². The van der Waals surface area contributed by atoms with E-state index >= 15 is 0 Å². The summed E-state index contributed by atoms with van der Waals surface area (Å²) in [5, 5.41) is 0. The lowest BCUT2D eigenvalue weighted by Crippen LogP contribution is -2.19. The van der Waals surface area contributed by atoms with Gasteiger partial charge in [0.05, 0.1) is 30.4 Å². The molecule has 0 unspecified atom stereocenters. The highest BCUT2D eigenvalue weighted by molar-refractivity contribution is 7.91. The van der Waals surface area contributed by atoms with E-state index in [0.29, 0.717) is 17.9 Å². The number of rotatable bonds is 7. The minimum absolute atomic E-state index is 0.180. The van der Waals surface area contributed by atoms with Gasteiger partial charge in [-0.05, 0) is 18.6 Å². The van der Waals surface area contributed by atoms with Gasteiger partial charge < -0.3 is 10.5 Å². The van der Waals surface area contributed by atoms with Crippen LogP contribution in [0, 0.1) is 0 Å². The molecule has 1 amide bonds. The number of nitrogens with zero attached hydrogens (tertiary/aromatic N) is 1. The van der Waals surface area contributed by atoms with Gasteiger partial charge in [-0.3, -0.25) is 14.5 Å². The van der Waals surface area contributed by atoms with Gasteiger partial charge in [0.2, 0.25) is 15.9 Å². The summed E-state index contributed by atoms with van der Waals surface area (Å²) in [7, 11) is -3.73. The van der Waals surface area contributed by atoms with Crippen molar-refractivity contribution < 1.29 is 17.9 Å². The molecule has 1 aromatic carbocycles. The second-order valence-corrected chi connectivity index (χ2v) is 6.45. The van der Waals surface area contributed by atoms with E-state index in [4.69, 9.17) is 10.5 Å². The maximum Gasteiger partial charge on any atom is 0.249 e. The number of hydrogen-bond donors (Lipinski definition) is 2. The van der Waals surface area contributed by atoms with E-state index in [1.165, 1.54) is 24.5 Å². The number of hydrogen-bond acceptors (Lipinski definition) is 5. The lowest BCUT2D eigenvalue weighted by Gasteiger charge is -2.11. The SMILES string of the molecule is CCOc1cncc(NS(=O)(=O)Cc2ccccc2C(N)=O)c1.